The number of amides is 1. The molecule has 3 rings (SSSR count). The molecule has 1 amide bonds. The van der Waals surface area contributed by atoms with E-state index in [0.29, 0.717) is 18.8 Å². The third-order valence-corrected chi connectivity index (χ3v) is 5.05. The normalized spacial score (nSPS) is 11.4. The fourth-order valence-corrected chi connectivity index (χ4v) is 3.94. The van der Waals surface area contributed by atoms with Crippen molar-refractivity contribution in [3.8, 4) is 0 Å². The van der Waals surface area contributed by atoms with E-state index in [-0.39, 0.29) is 5.91 Å². The molecule has 118 valence electrons. The summed E-state index contributed by atoms with van der Waals surface area (Å²) in [6, 6.07) is 9.67. The molecule has 3 aromatic rings. The van der Waals surface area contributed by atoms with Gasteiger partial charge in [-0.3, -0.25) is 9.78 Å². The minimum absolute atomic E-state index is 0.0836. The van der Waals surface area contributed by atoms with E-state index in [1.165, 1.54) is 0 Å². The molecule has 3 aromatic heterocycles. The Labute approximate surface area is 147 Å². The Balaban J connectivity index is 1.85. The number of pyridine rings is 1. The fourth-order valence-electron chi connectivity index (χ4n) is 2.37. The number of allylic oxidation sites excluding steroid dienone is 2. The Morgan fingerprint density at radius 3 is 3.04 bits per heavy atom. The molecule has 23 heavy (non-hydrogen) atoms. The van der Waals surface area contributed by atoms with Gasteiger partial charge < -0.3 is 9.88 Å². The van der Waals surface area contributed by atoms with Gasteiger partial charge in [-0.1, -0.05) is 18.2 Å². The van der Waals surface area contributed by atoms with Crippen LogP contribution in [-0.4, -0.2) is 15.5 Å². The molecule has 4 nitrogen and oxygen atoms in total. The predicted molar refractivity (Wildman–Crippen MR) is 97.7 cm³/mol. The number of hydrogen-bond acceptors (Lipinski definition) is 3. The third kappa shape index (κ3) is 3.54. The molecule has 0 aliphatic carbocycles. The van der Waals surface area contributed by atoms with Gasteiger partial charge in [-0.25, -0.2) is 0 Å². The van der Waals surface area contributed by atoms with Crippen LogP contribution in [0.5, 0.6) is 0 Å². The second kappa shape index (κ2) is 7.10. The number of carbonyl (C=O) groups is 1. The van der Waals surface area contributed by atoms with Gasteiger partial charge in [0.2, 0.25) is 0 Å². The maximum absolute atomic E-state index is 12.6. The summed E-state index contributed by atoms with van der Waals surface area (Å²) in [5.41, 5.74) is 2.59. The SMILES string of the molecule is C/C=C/Cn1c(C(=O)NCc2ccccn2)cc2sc(Br)cc21. The first-order chi connectivity index (χ1) is 11.2. The van der Waals surface area contributed by atoms with Crippen molar-refractivity contribution < 1.29 is 4.79 Å². The number of fused-ring (bicyclic) bond motifs is 1. The van der Waals surface area contributed by atoms with E-state index in [2.05, 4.69) is 32.3 Å². The summed E-state index contributed by atoms with van der Waals surface area (Å²) in [5, 5.41) is 2.94. The lowest BCUT2D eigenvalue weighted by molar-refractivity contribution is 0.0942. The van der Waals surface area contributed by atoms with Gasteiger partial charge in [-0.15, -0.1) is 11.3 Å². The molecule has 1 N–H and O–H groups in total. The van der Waals surface area contributed by atoms with Crippen molar-refractivity contribution in [1.29, 1.82) is 0 Å². The van der Waals surface area contributed by atoms with Crippen molar-refractivity contribution in [2.24, 2.45) is 0 Å². The highest BCUT2D eigenvalue weighted by Gasteiger charge is 2.16. The molecule has 0 aliphatic heterocycles. The lowest BCUT2D eigenvalue weighted by atomic mass is 10.3. The average Bonchev–Trinajstić information content (AvgIpc) is 3.08. The highest BCUT2D eigenvalue weighted by molar-refractivity contribution is 9.11. The molecular weight excluding hydrogens is 374 g/mol. The maximum Gasteiger partial charge on any atom is 0.268 e. The number of rotatable bonds is 5. The molecule has 0 fully saturated rings. The van der Waals surface area contributed by atoms with Crippen LogP contribution in [0.4, 0.5) is 0 Å². The molecule has 0 saturated carbocycles. The van der Waals surface area contributed by atoms with E-state index in [9.17, 15) is 4.79 Å². The van der Waals surface area contributed by atoms with E-state index in [1.54, 1.807) is 17.5 Å². The van der Waals surface area contributed by atoms with Gasteiger partial charge in [0.1, 0.15) is 5.69 Å². The summed E-state index contributed by atoms with van der Waals surface area (Å²) in [6.07, 6.45) is 5.76. The Hall–Kier alpha value is -1.92. The Kier molecular flexibility index (Phi) is 4.93. The van der Waals surface area contributed by atoms with Gasteiger partial charge in [0.25, 0.3) is 5.91 Å². The van der Waals surface area contributed by atoms with E-state index in [1.807, 2.05) is 47.9 Å². The zero-order valence-corrected chi connectivity index (χ0v) is 15.0. The van der Waals surface area contributed by atoms with Gasteiger partial charge in [0, 0.05) is 12.7 Å². The lowest BCUT2D eigenvalue weighted by Gasteiger charge is -2.08. The monoisotopic (exact) mass is 389 g/mol. The summed E-state index contributed by atoms with van der Waals surface area (Å²) >= 11 is 5.14. The molecule has 0 atom stereocenters. The first-order valence-electron chi connectivity index (χ1n) is 7.27. The molecule has 3 heterocycles. The first kappa shape index (κ1) is 16.0. The largest absolute Gasteiger partial charge is 0.345 e. The van der Waals surface area contributed by atoms with Crippen LogP contribution >= 0.6 is 27.3 Å². The van der Waals surface area contributed by atoms with Crippen molar-refractivity contribution in [1.82, 2.24) is 14.9 Å². The van der Waals surface area contributed by atoms with Crippen LogP contribution in [-0.2, 0) is 13.1 Å². The molecule has 6 heteroatoms. The van der Waals surface area contributed by atoms with Gasteiger partial charge >= 0.3 is 0 Å². The Morgan fingerprint density at radius 1 is 1.43 bits per heavy atom. The van der Waals surface area contributed by atoms with Gasteiger partial charge in [0.15, 0.2) is 0 Å². The smallest absolute Gasteiger partial charge is 0.268 e. The topological polar surface area (TPSA) is 46.9 Å². The maximum atomic E-state index is 12.6. The van der Waals surface area contributed by atoms with E-state index < -0.39 is 0 Å². The molecule has 0 bridgehead atoms. The molecule has 0 aliphatic rings. The fraction of sp³-hybridized carbons (Fsp3) is 0.176. The van der Waals surface area contributed by atoms with Crippen molar-refractivity contribution >= 4 is 43.4 Å². The molecule has 0 spiro atoms. The Morgan fingerprint density at radius 2 is 2.30 bits per heavy atom. The predicted octanol–water partition coefficient (Wildman–Crippen LogP) is 4.37. The number of aromatic nitrogens is 2. The summed E-state index contributed by atoms with van der Waals surface area (Å²) < 4.78 is 4.20. The third-order valence-electron chi connectivity index (χ3n) is 3.47. The van der Waals surface area contributed by atoms with E-state index >= 15 is 0 Å². The summed E-state index contributed by atoms with van der Waals surface area (Å²) in [5.74, 6) is -0.0836. The van der Waals surface area contributed by atoms with Crippen molar-refractivity contribution in [2.75, 3.05) is 0 Å². The van der Waals surface area contributed by atoms with E-state index in [0.717, 1.165) is 19.7 Å². The standard InChI is InChI=1S/C17H16BrN3OS/c1-2-3-8-21-13-10-16(18)23-15(13)9-14(21)17(22)20-11-12-6-4-5-7-19-12/h2-7,9-10H,8,11H2,1H3,(H,20,22)/b3-2+. The number of carbonyl (C=O) groups excluding carboxylic acids is 1. The van der Waals surface area contributed by atoms with Gasteiger partial charge in [0.05, 0.1) is 26.2 Å². The zero-order valence-electron chi connectivity index (χ0n) is 12.6. The second-order valence-electron chi connectivity index (χ2n) is 5.01. The number of nitrogens with zero attached hydrogens (tertiary/aromatic N) is 2. The van der Waals surface area contributed by atoms with Crippen molar-refractivity contribution in [3.05, 3.63) is 63.9 Å². The van der Waals surface area contributed by atoms with Crippen LogP contribution in [0.1, 0.15) is 23.1 Å². The highest BCUT2D eigenvalue weighted by atomic mass is 79.9. The van der Waals surface area contributed by atoms with Gasteiger partial charge in [-0.2, -0.15) is 0 Å². The minimum Gasteiger partial charge on any atom is -0.345 e. The number of nitrogens with one attached hydrogen (secondary N) is 1. The first-order valence-corrected chi connectivity index (χ1v) is 8.88. The minimum atomic E-state index is -0.0836. The van der Waals surface area contributed by atoms with E-state index in [4.69, 9.17) is 0 Å². The van der Waals surface area contributed by atoms with Crippen LogP contribution in [0.3, 0.4) is 0 Å². The lowest BCUT2D eigenvalue weighted by Crippen LogP contribution is -2.25. The molecule has 0 unspecified atom stereocenters. The van der Waals surface area contributed by atoms with Crippen LogP contribution in [0.25, 0.3) is 10.2 Å². The van der Waals surface area contributed by atoms with Crippen LogP contribution < -0.4 is 5.32 Å². The summed E-state index contributed by atoms with van der Waals surface area (Å²) in [4.78, 5) is 16.8. The average molecular weight is 390 g/mol. The zero-order chi connectivity index (χ0) is 16.2. The highest BCUT2D eigenvalue weighted by Crippen LogP contribution is 2.32. The summed E-state index contributed by atoms with van der Waals surface area (Å²) in [7, 11) is 0. The van der Waals surface area contributed by atoms with Crippen molar-refractivity contribution in [2.45, 2.75) is 20.0 Å². The molecule has 0 saturated heterocycles. The number of thiophene rings is 1. The van der Waals surface area contributed by atoms with Crippen LogP contribution in [0, 0.1) is 0 Å². The quantitative estimate of drug-likeness (QED) is 0.658. The molecule has 0 aromatic carbocycles. The second-order valence-corrected chi connectivity index (χ2v) is 7.48. The van der Waals surface area contributed by atoms with Crippen LogP contribution in [0.15, 0.2) is 52.5 Å². The summed E-state index contributed by atoms with van der Waals surface area (Å²) in [6.45, 7) is 3.08. The van der Waals surface area contributed by atoms with Crippen molar-refractivity contribution in [3.63, 3.8) is 0 Å². The molecular formula is C17H16BrN3OS. The van der Waals surface area contributed by atoms with Crippen LogP contribution in [0.2, 0.25) is 0 Å². The number of halogens is 1. The molecule has 0 radical (unpaired) electrons. The Bertz CT molecular complexity index is 851. The van der Waals surface area contributed by atoms with Gasteiger partial charge in [-0.05, 0) is 47.1 Å². The number of hydrogen-bond donors (Lipinski definition) is 1.